The van der Waals surface area contributed by atoms with E-state index in [1.165, 1.54) is 6.42 Å². The SMILES string of the molecule is CC(C)(CO)Nc1nc(N)nc(N2CCCCC2)n1. The normalized spacial score (nSPS) is 16.5. The summed E-state index contributed by atoms with van der Waals surface area (Å²) in [7, 11) is 0. The fourth-order valence-corrected chi connectivity index (χ4v) is 2.01. The molecule has 1 aromatic heterocycles. The van der Waals surface area contributed by atoms with Gasteiger partial charge >= 0.3 is 0 Å². The van der Waals surface area contributed by atoms with Crippen molar-refractivity contribution in [3.63, 3.8) is 0 Å². The predicted octanol–water partition coefficient (Wildman–Crippen LogP) is 0.627. The minimum atomic E-state index is -0.493. The fraction of sp³-hybridized carbons (Fsp3) is 0.750. The van der Waals surface area contributed by atoms with Crippen LogP contribution in [0.25, 0.3) is 0 Å². The Labute approximate surface area is 113 Å². The van der Waals surface area contributed by atoms with Crippen molar-refractivity contribution in [2.75, 3.05) is 35.6 Å². The lowest BCUT2D eigenvalue weighted by molar-refractivity contribution is 0.233. The van der Waals surface area contributed by atoms with E-state index in [4.69, 9.17) is 5.73 Å². The van der Waals surface area contributed by atoms with Gasteiger partial charge in [0.15, 0.2) is 0 Å². The first-order valence-corrected chi connectivity index (χ1v) is 6.66. The first-order valence-electron chi connectivity index (χ1n) is 6.66. The smallest absolute Gasteiger partial charge is 0.231 e. The monoisotopic (exact) mass is 266 g/mol. The van der Waals surface area contributed by atoms with Crippen molar-refractivity contribution in [1.82, 2.24) is 15.0 Å². The maximum Gasteiger partial charge on any atom is 0.231 e. The van der Waals surface area contributed by atoms with E-state index < -0.39 is 5.54 Å². The summed E-state index contributed by atoms with van der Waals surface area (Å²) in [5.74, 6) is 1.22. The highest BCUT2D eigenvalue weighted by atomic mass is 16.3. The number of hydrogen-bond acceptors (Lipinski definition) is 7. The van der Waals surface area contributed by atoms with Crippen LogP contribution in [0.3, 0.4) is 0 Å². The lowest BCUT2D eigenvalue weighted by atomic mass is 10.1. The molecule has 1 aliphatic heterocycles. The van der Waals surface area contributed by atoms with Crippen LogP contribution in [-0.2, 0) is 0 Å². The highest BCUT2D eigenvalue weighted by molar-refractivity contribution is 5.43. The Kier molecular flexibility index (Phi) is 4.04. The molecule has 2 heterocycles. The zero-order valence-electron chi connectivity index (χ0n) is 11.6. The number of piperidine rings is 1. The second-order valence-corrected chi connectivity index (χ2v) is 5.53. The Morgan fingerprint density at radius 3 is 2.53 bits per heavy atom. The summed E-state index contributed by atoms with van der Waals surface area (Å²) in [6.07, 6.45) is 3.55. The van der Waals surface area contributed by atoms with Crippen LogP contribution in [-0.4, -0.2) is 45.3 Å². The summed E-state index contributed by atoms with van der Waals surface area (Å²) in [6, 6.07) is 0. The fourth-order valence-electron chi connectivity index (χ4n) is 2.01. The van der Waals surface area contributed by atoms with Gasteiger partial charge in [-0.15, -0.1) is 0 Å². The molecule has 19 heavy (non-hydrogen) atoms. The average molecular weight is 266 g/mol. The molecule has 0 radical (unpaired) electrons. The Morgan fingerprint density at radius 2 is 1.89 bits per heavy atom. The molecule has 0 unspecified atom stereocenters. The molecule has 1 aromatic rings. The van der Waals surface area contributed by atoms with Gasteiger partial charge in [-0.05, 0) is 33.1 Å². The Balaban J connectivity index is 2.19. The zero-order chi connectivity index (χ0) is 13.9. The van der Waals surface area contributed by atoms with Gasteiger partial charge in [0.05, 0.1) is 12.1 Å². The highest BCUT2D eigenvalue weighted by Crippen LogP contribution is 2.19. The van der Waals surface area contributed by atoms with Gasteiger partial charge in [0.2, 0.25) is 17.8 Å². The van der Waals surface area contributed by atoms with E-state index in [-0.39, 0.29) is 12.6 Å². The van der Waals surface area contributed by atoms with Crippen molar-refractivity contribution in [3.05, 3.63) is 0 Å². The van der Waals surface area contributed by atoms with Crippen LogP contribution in [0.15, 0.2) is 0 Å². The lowest BCUT2D eigenvalue weighted by Gasteiger charge is -2.28. The maximum atomic E-state index is 9.27. The molecule has 1 fully saturated rings. The minimum Gasteiger partial charge on any atom is -0.394 e. The van der Waals surface area contributed by atoms with E-state index in [0.717, 1.165) is 25.9 Å². The van der Waals surface area contributed by atoms with Gasteiger partial charge < -0.3 is 21.1 Å². The number of aliphatic hydroxyl groups excluding tert-OH is 1. The summed E-state index contributed by atoms with van der Waals surface area (Å²) in [5, 5.41) is 12.3. The first-order chi connectivity index (χ1) is 9.00. The third kappa shape index (κ3) is 3.66. The Morgan fingerprint density at radius 1 is 1.21 bits per heavy atom. The third-order valence-electron chi connectivity index (χ3n) is 3.13. The summed E-state index contributed by atoms with van der Waals surface area (Å²) < 4.78 is 0. The second kappa shape index (κ2) is 5.56. The largest absolute Gasteiger partial charge is 0.394 e. The number of hydrogen-bond donors (Lipinski definition) is 3. The average Bonchev–Trinajstić information content (AvgIpc) is 2.38. The number of aromatic nitrogens is 3. The number of nitrogens with zero attached hydrogens (tertiary/aromatic N) is 4. The molecule has 7 heteroatoms. The topological polar surface area (TPSA) is 100 Å². The van der Waals surface area contributed by atoms with Crippen LogP contribution < -0.4 is 16.0 Å². The van der Waals surface area contributed by atoms with Crippen molar-refractivity contribution < 1.29 is 5.11 Å². The van der Waals surface area contributed by atoms with E-state index in [2.05, 4.69) is 25.2 Å². The molecule has 0 aromatic carbocycles. The quantitative estimate of drug-likeness (QED) is 0.734. The van der Waals surface area contributed by atoms with E-state index in [1.807, 2.05) is 13.8 Å². The summed E-state index contributed by atoms with van der Waals surface area (Å²) >= 11 is 0. The summed E-state index contributed by atoms with van der Waals surface area (Å²) in [5.41, 5.74) is 5.24. The van der Waals surface area contributed by atoms with Crippen LogP contribution in [0.2, 0.25) is 0 Å². The van der Waals surface area contributed by atoms with Crippen molar-refractivity contribution in [2.24, 2.45) is 0 Å². The van der Waals surface area contributed by atoms with E-state index in [1.54, 1.807) is 0 Å². The minimum absolute atomic E-state index is 0.0162. The van der Waals surface area contributed by atoms with Gasteiger partial charge in [0, 0.05) is 13.1 Å². The van der Waals surface area contributed by atoms with E-state index >= 15 is 0 Å². The molecule has 0 spiro atoms. The van der Waals surface area contributed by atoms with Crippen LogP contribution in [0.1, 0.15) is 33.1 Å². The van der Waals surface area contributed by atoms with Gasteiger partial charge in [-0.25, -0.2) is 0 Å². The van der Waals surface area contributed by atoms with Crippen molar-refractivity contribution in [1.29, 1.82) is 0 Å². The number of nitrogens with two attached hydrogens (primary N) is 1. The number of nitrogens with one attached hydrogen (secondary N) is 1. The molecule has 0 atom stereocenters. The molecule has 0 aliphatic carbocycles. The van der Waals surface area contributed by atoms with E-state index in [0.29, 0.717) is 11.9 Å². The molecule has 0 bridgehead atoms. The van der Waals surface area contributed by atoms with Crippen LogP contribution in [0.4, 0.5) is 17.8 Å². The molecule has 4 N–H and O–H groups in total. The summed E-state index contributed by atoms with van der Waals surface area (Å²) in [4.78, 5) is 14.8. The number of nitrogen functional groups attached to an aromatic ring is 1. The van der Waals surface area contributed by atoms with E-state index in [9.17, 15) is 5.11 Å². The van der Waals surface area contributed by atoms with Gasteiger partial charge in [-0.3, -0.25) is 0 Å². The molecule has 0 amide bonds. The number of rotatable bonds is 4. The summed E-state index contributed by atoms with van der Waals surface area (Å²) in [6.45, 7) is 5.62. The molecular formula is C12H22N6O. The van der Waals surface area contributed by atoms with Crippen LogP contribution in [0.5, 0.6) is 0 Å². The van der Waals surface area contributed by atoms with Gasteiger partial charge in [-0.1, -0.05) is 0 Å². The number of anilines is 3. The van der Waals surface area contributed by atoms with Crippen LogP contribution >= 0.6 is 0 Å². The molecule has 106 valence electrons. The Hall–Kier alpha value is -1.63. The Bertz CT molecular complexity index is 430. The molecule has 0 saturated carbocycles. The zero-order valence-corrected chi connectivity index (χ0v) is 11.6. The van der Waals surface area contributed by atoms with Crippen LogP contribution in [0, 0.1) is 0 Å². The molecule has 1 saturated heterocycles. The standard InChI is InChI=1S/C12H22N6O/c1-12(2,8-19)17-10-14-9(13)15-11(16-10)18-6-4-3-5-7-18/h19H,3-8H2,1-2H3,(H3,13,14,15,16,17). The lowest BCUT2D eigenvalue weighted by Crippen LogP contribution is -2.37. The van der Waals surface area contributed by atoms with Gasteiger partial charge in [0.1, 0.15) is 0 Å². The molecule has 2 rings (SSSR count). The number of aliphatic hydroxyl groups is 1. The first kappa shape index (κ1) is 13.8. The van der Waals surface area contributed by atoms with Gasteiger partial charge in [-0.2, -0.15) is 15.0 Å². The predicted molar refractivity (Wildman–Crippen MR) is 75.1 cm³/mol. The molecule has 7 nitrogen and oxygen atoms in total. The highest BCUT2D eigenvalue weighted by Gasteiger charge is 2.20. The van der Waals surface area contributed by atoms with Crippen molar-refractivity contribution >= 4 is 17.8 Å². The third-order valence-corrected chi connectivity index (χ3v) is 3.13. The van der Waals surface area contributed by atoms with Crippen molar-refractivity contribution in [2.45, 2.75) is 38.6 Å². The molecule has 1 aliphatic rings. The maximum absolute atomic E-state index is 9.27. The second-order valence-electron chi connectivity index (χ2n) is 5.53. The van der Waals surface area contributed by atoms with Gasteiger partial charge in [0.25, 0.3) is 0 Å². The van der Waals surface area contributed by atoms with Crippen molar-refractivity contribution in [3.8, 4) is 0 Å². The molecular weight excluding hydrogens is 244 g/mol.